The first-order valence-electron chi connectivity index (χ1n) is 8.67. The van der Waals surface area contributed by atoms with Crippen LogP contribution in [0.3, 0.4) is 0 Å². The zero-order valence-electron chi connectivity index (χ0n) is 14.5. The Morgan fingerprint density at radius 2 is 2.20 bits per heavy atom. The lowest BCUT2D eigenvalue weighted by atomic mass is 10.1. The van der Waals surface area contributed by atoms with E-state index in [1.165, 1.54) is 17.3 Å². The van der Waals surface area contributed by atoms with Gasteiger partial charge in [0.25, 0.3) is 0 Å². The average molecular weight is 360 g/mol. The molecule has 0 spiro atoms. The van der Waals surface area contributed by atoms with E-state index in [4.69, 9.17) is 4.74 Å². The number of nitrogens with one attached hydrogen (secondary N) is 1. The first kappa shape index (κ1) is 17.9. The Morgan fingerprint density at radius 3 is 2.96 bits per heavy atom. The monoisotopic (exact) mass is 360 g/mol. The van der Waals surface area contributed by atoms with E-state index in [1.807, 2.05) is 25.1 Å². The predicted molar refractivity (Wildman–Crippen MR) is 97.6 cm³/mol. The van der Waals surface area contributed by atoms with Gasteiger partial charge in [0.2, 0.25) is 5.91 Å². The molecule has 1 aliphatic heterocycles. The van der Waals surface area contributed by atoms with Crippen molar-refractivity contribution in [3.63, 3.8) is 0 Å². The lowest BCUT2D eigenvalue weighted by Gasteiger charge is -2.13. The highest BCUT2D eigenvalue weighted by atomic mass is 32.2. The number of carbonyl (C=O) groups excluding carboxylic acids is 1. The molecule has 1 aromatic carbocycles. The molecule has 1 N–H and O–H groups in total. The number of amides is 1. The SMILES string of the molecule is Cc1nnc(SCC(=O)NCCc2ccccc2)n1CC1CCCO1. The lowest BCUT2D eigenvalue weighted by Crippen LogP contribution is -2.27. The molecule has 6 nitrogen and oxygen atoms in total. The minimum absolute atomic E-state index is 0.0188. The summed E-state index contributed by atoms with van der Waals surface area (Å²) >= 11 is 1.43. The quantitative estimate of drug-likeness (QED) is 0.731. The van der Waals surface area contributed by atoms with Gasteiger partial charge in [-0.05, 0) is 31.7 Å². The molecule has 3 rings (SSSR count). The summed E-state index contributed by atoms with van der Waals surface area (Å²) in [6.07, 6.45) is 3.25. The van der Waals surface area contributed by atoms with Crippen molar-refractivity contribution < 1.29 is 9.53 Å². The Kier molecular flexibility index (Phi) is 6.47. The number of hydrogen-bond donors (Lipinski definition) is 1. The van der Waals surface area contributed by atoms with Gasteiger partial charge in [0.1, 0.15) is 5.82 Å². The number of hydrogen-bond acceptors (Lipinski definition) is 5. The van der Waals surface area contributed by atoms with E-state index in [2.05, 4.69) is 32.2 Å². The summed E-state index contributed by atoms with van der Waals surface area (Å²) in [7, 11) is 0. The van der Waals surface area contributed by atoms with Crippen molar-refractivity contribution in [2.24, 2.45) is 0 Å². The fourth-order valence-electron chi connectivity index (χ4n) is 2.84. The molecule has 1 fully saturated rings. The van der Waals surface area contributed by atoms with Gasteiger partial charge in [0.15, 0.2) is 5.16 Å². The van der Waals surface area contributed by atoms with Crippen LogP contribution in [0.4, 0.5) is 0 Å². The van der Waals surface area contributed by atoms with Crippen LogP contribution in [0, 0.1) is 6.92 Å². The van der Waals surface area contributed by atoms with Gasteiger partial charge in [0.05, 0.1) is 18.4 Å². The second-order valence-electron chi connectivity index (χ2n) is 6.15. The molecule has 7 heteroatoms. The van der Waals surface area contributed by atoms with Crippen LogP contribution in [-0.2, 0) is 22.5 Å². The Labute approximate surface area is 152 Å². The highest BCUT2D eigenvalue weighted by Crippen LogP contribution is 2.20. The number of aryl methyl sites for hydroxylation is 1. The van der Waals surface area contributed by atoms with Crippen LogP contribution in [0.5, 0.6) is 0 Å². The van der Waals surface area contributed by atoms with E-state index in [0.717, 1.165) is 43.4 Å². The molecule has 1 amide bonds. The van der Waals surface area contributed by atoms with E-state index in [9.17, 15) is 4.79 Å². The van der Waals surface area contributed by atoms with Crippen LogP contribution in [-0.4, -0.2) is 45.7 Å². The molecule has 1 unspecified atom stereocenters. The minimum atomic E-state index is 0.0188. The zero-order valence-corrected chi connectivity index (χ0v) is 15.3. The van der Waals surface area contributed by atoms with E-state index in [1.54, 1.807) is 0 Å². The molecule has 25 heavy (non-hydrogen) atoms. The molecular weight excluding hydrogens is 336 g/mol. The highest BCUT2D eigenvalue weighted by Gasteiger charge is 2.20. The van der Waals surface area contributed by atoms with Crippen LogP contribution in [0.1, 0.15) is 24.2 Å². The standard InChI is InChI=1S/C18H24N4O2S/c1-14-20-21-18(22(14)12-16-8-5-11-24-16)25-13-17(23)19-10-9-15-6-3-2-4-7-15/h2-4,6-7,16H,5,8-13H2,1H3,(H,19,23). The van der Waals surface area contributed by atoms with Gasteiger partial charge in [-0.2, -0.15) is 0 Å². The number of rotatable bonds is 8. The van der Waals surface area contributed by atoms with Crippen LogP contribution >= 0.6 is 11.8 Å². The molecule has 0 radical (unpaired) electrons. The largest absolute Gasteiger partial charge is 0.376 e. The Morgan fingerprint density at radius 1 is 1.36 bits per heavy atom. The fourth-order valence-corrected chi connectivity index (χ4v) is 3.67. The first-order chi connectivity index (χ1) is 12.2. The fraction of sp³-hybridized carbons (Fsp3) is 0.500. The Balaban J connectivity index is 1.44. The molecule has 1 atom stereocenters. The highest BCUT2D eigenvalue weighted by molar-refractivity contribution is 7.99. The molecule has 1 aliphatic rings. The number of thioether (sulfide) groups is 1. The average Bonchev–Trinajstić information content (AvgIpc) is 3.25. The smallest absolute Gasteiger partial charge is 0.230 e. The van der Waals surface area contributed by atoms with Gasteiger partial charge in [-0.15, -0.1) is 10.2 Å². The van der Waals surface area contributed by atoms with E-state index in [-0.39, 0.29) is 12.0 Å². The summed E-state index contributed by atoms with van der Waals surface area (Å²) in [5.74, 6) is 1.23. The van der Waals surface area contributed by atoms with Gasteiger partial charge in [-0.3, -0.25) is 4.79 Å². The van der Waals surface area contributed by atoms with E-state index >= 15 is 0 Å². The summed E-state index contributed by atoms with van der Waals surface area (Å²) in [4.78, 5) is 12.1. The maximum Gasteiger partial charge on any atom is 0.230 e. The molecule has 134 valence electrons. The minimum Gasteiger partial charge on any atom is -0.376 e. The molecule has 1 aromatic heterocycles. The molecule has 0 aliphatic carbocycles. The number of carbonyl (C=O) groups is 1. The third kappa shape index (κ3) is 5.31. The van der Waals surface area contributed by atoms with Gasteiger partial charge in [0, 0.05) is 13.2 Å². The number of nitrogens with zero attached hydrogens (tertiary/aromatic N) is 3. The third-order valence-corrected chi connectivity index (χ3v) is 5.19. The van der Waals surface area contributed by atoms with E-state index < -0.39 is 0 Å². The second kappa shape index (κ2) is 9.01. The summed E-state index contributed by atoms with van der Waals surface area (Å²) in [5, 5.41) is 12.1. The summed E-state index contributed by atoms with van der Waals surface area (Å²) in [6.45, 7) is 4.17. The predicted octanol–water partition coefficient (Wildman–Crippen LogP) is 2.22. The Hall–Kier alpha value is -1.86. The second-order valence-corrected chi connectivity index (χ2v) is 7.09. The number of benzene rings is 1. The Bertz CT molecular complexity index is 684. The summed E-state index contributed by atoms with van der Waals surface area (Å²) < 4.78 is 7.75. The molecular formula is C18H24N4O2S. The zero-order chi connectivity index (χ0) is 17.5. The van der Waals surface area contributed by atoms with Crippen LogP contribution < -0.4 is 5.32 Å². The van der Waals surface area contributed by atoms with Crippen molar-refractivity contribution in [2.45, 2.75) is 44.0 Å². The topological polar surface area (TPSA) is 69.0 Å². The van der Waals surface area contributed by atoms with Gasteiger partial charge >= 0.3 is 0 Å². The normalized spacial score (nSPS) is 16.9. The summed E-state index contributed by atoms with van der Waals surface area (Å²) in [6, 6.07) is 10.1. The maximum atomic E-state index is 12.1. The summed E-state index contributed by atoms with van der Waals surface area (Å²) in [5.41, 5.74) is 1.22. The molecule has 1 saturated heterocycles. The van der Waals surface area contributed by atoms with Crippen molar-refractivity contribution in [2.75, 3.05) is 18.9 Å². The van der Waals surface area contributed by atoms with Crippen molar-refractivity contribution in [1.29, 1.82) is 0 Å². The van der Waals surface area contributed by atoms with Gasteiger partial charge < -0.3 is 14.6 Å². The van der Waals surface area contributed by atoms with Gasteiger partial charge in [-0.25, -0.2) is 0 Å². The van der Waals surface area contributed by atoms with Crippen LogP contribution in [0.2, 0.25) is 0 Å². The van der Waals surface area contributed by atoms with Crippen molar-refractivity contribution >= 4 is 17.7 Å². The molecule has 0 saturated carbocycles. The van der Waals surface area contributed by atoms with Crippen molar-refractivity contribution in [3.8, 4) is 0 Å². The molecule has 0 bridgehead atoms. The van der Waals surface area contributed by atoms with Crippen LogP contribution in [0.25, 0.3) is 0 Å². The molecule has 2 aromatic rings. The third-order valence-electron chi connectivity index (χ3n) is 4.22. The maximum absolute atomic E-state index is 12.1. The van der Waals surface area contributed by atoms with E-state index in [0.29, 0.717) is 12.3 Å². The van der Waals surface area contributed by atoms with Crippen molar-refractivity contribution in [3.05, 3.63) is 41.7 Å². The van der Waals surface area contributed by atoms with Crippen LogP contribution in [0.15, 0.2) is 35.5 Å². The lowest BCUT2D eigenvalue weighted by molar-refractivity contribution is -0.118. The molecule has 2 heterocycles. The number of aromatic nitrogens is 3. The number of ether oxygens (including phenoxy) is 1. The first-order valence-corrected chi connectivity index (χ1v) is 9.66. The van der Waals surface area contributed by atoms with Gasteiger partial charge in [-0.1, -0.05) is 42.1 Å². The van der Waals surface area contributed by atoms with Crippen molar-refractivity contribution in [1.82, 2.24) is 20.1 Å².